The molecular weight excluding hydrogens is 194 g/mol. The van der Waals surface area contributed by atoms with E-state index < -0.39 is 18.3 Å². The SMILES string of the molecule is Fc1cc(Cl)cc([B-](F)(F)F)c1. The second kappa shape index (κ2) is 2.97. The zero-order valence-corrected chi connectivity index (χ0v) is 6.46. The highest BCUT2D eigenvalue weighted by Gasteiger charge is 2.26. The molecule has 0 bridgehead atoms. The quantitative estimate of drug-likeness (QED) is 0.479. The lowest BCUT2D eigenvalue weighted by Crippen LogP contribution is -2.34. The van der Waals surface area contributed by atoms with Crippen molar-refractivity contribution in [3.8, 4) is 0 Å². The van der Waals surface area contributed by atoms with Gasteiger partial charge in [0.2, 0.25) is 0 Å². The van der Waals surface area contributed by atoms with Gasteiger partial charge in [-0.15, -0.1) is 5.46 Å². The Morgan fingerprint density at radius 2 is 1.67 bits per heavy atom. The van der Waals surface area contributed by atoms with Gasteiger partial charge in [0.15, 0.2) is 0 Å². The smallest absolute Gasteiger partial charge is 0.445 e. The van der Waals surface area contributed by atoms with Crippen LogP contribution in [0, 0.1) is 5.82 Å². The summed E-state index contributed by atoms with van der Waals surface area (Å²) in [6.45, 7) is -5.17. The van der Waals surface area contributed by atoms with Gasteiger partial charge in [-0.25, -0.2) is 4.39 Å². The molecule has 12 heavy (non-hydrogen) atoms. The van der Waals surface area contributed by atoms with E-state index in [2.05, 4.69) is 0 Å². The van der Waals surface area contributed by atoms with E-state index in [1.54, 1.807) is 0 Å². The highest BCUT2D eigenvalue weighted by Crippen LogP contribution is 2.14. The van der Waals surface area contributed by atoms with Crippen molar-refractivity contribution in [2.75, 3.05) is 0 Å². The summed E-state index contributed by atoms with van der Waals surface area (Å²) in [5, 5.41) is -0.246. The third kappa shape index (κ3) is 2.14. The summed E-state index contributed by atoms with van der Waals surface area (Å²) in [6.07, 6.45) is 0. The van der Waals surface area contributed by atoms with Crippen LogP contribution in [0.4, 0.5) is 17.3 Å². The first-order chi connectivity index (χ1) is 5.39. The molecule has 0 aliphatic carbocycles. The molecule has 0 N–H and O–H groups in total. The standard InChI is InChI=1S/C6H3BClF4/c8-5-1-4(7(10,11)12)2-6(9)3-5/h1-3H/q-1. The summed E-state index contributed by atoms with van der Waals surface area (Å²) < 4.78 is 48.3. The van der Waals surface area contributed by atoms with Crippen molar-refractivity contribution < 1.29 is 17.3 Å². The predicted molar refractivity (Wildman–Crippen MR) is 40.1 cm³/mol. The van der Waals surface area contributed by atoms with Gasteiger partial charge in [-0.3, -0.25) is 0 Å². The van der Waals surface area contributed by atoms with Gasteiger partial charge in [0.1, 0.15) is 5.82 Å². The molecule has 0 heterocycles. The Balaban J connectivity index is 3.18. The number of rotatable bonds is 1. The minimum atomic E-state index is -5.17. The summed E-state index contributed by atoms with van der Waals surface area (Å²) in [6, 6.07) is 1.95. The fourth-order valence-corrected chi connectivity index (χ4v) is 0.994. The van der Waals surface area contributed by atoms with Crippen molar-refractivity contribution in [2.24, 2.45) is 0 Å². The summed E-state index contributed by atoms with van der Waals surface area (Å²) in [7, 11) is 0. The molecule has 0 amide bonds. The zero-order chi connectivity index (χ0) is 9.35. The van der Waals surface area contributed by atoms with Crippen LogP contribution in [0.15, 0.2) is 18.2 Å². The maximum Gasteiger partial charge on any atom is 0.509 e. The van der Waals surface area contributed by atoms with Crippen molar-refractivity contribution in [3.63, 3.8) is 0 Å². The van der Waals surface area contributed by atoms with Gasteiger partial charge in [0.25, 0.3) is 0 Å². The molecule has 0 unspecified atom stereocenters. The molecule has 0 radical (unpaired) electrons. The fourth-order valence-electron chi connectivity index (χ4n) is 0.764. The van der Waals surface area contributed by atoms with Gasteiger partial charge in [0, 0.05) is 5.02 Å². The topological polar surface area (TPSA) is 0 Å². The molecule has 1 aromatic carbocycles. The van der Waals surface area contributed by atoms with Crippen molar-refractivity contribution in [3.05, 3.63) is 29.0 Å². The van der Waals surface area contributed by atoms with E-state index in [0.29, 0.717) is 12.1 Å². The van der Waals surface area contributed by atoms with E-state index in [-0.39, 0.29) is 5.02 Å². The van der Waals surface area contributed by atoms with Gasteiger partial charge in [0.05, 0.1) is 0 Å². The average Bonchev–Trinajstić information content (AvgIpc) is 1.82. The Morgan fingerprint density at radius 3 is 2.08 bits per heavy atom. The van der Waals surface area contributed by atoms with Crippen LogP contribution < -0.4 is 5.46 Å². The molecule has 0 fully saturated rings. The van der Waals surface area contributed by atoms with Crippen LogP contribution >= 0.6 is 11.6 Å². The Morgan fingerprint density at radius 1 is 1.08 bits per heavy atom. The molecule has 6 heteroatoms. The Bertz CT molecular complexity index is 276. The van der Waals surface area contributed by atoms with Crippen LogP contribution in [0.25, 0.3) is 0 Å². The second-order valence-corrected chi connectivity index (χ2v) is 2.71. The molecule has 0 nitrogen and oxygen atoms in total. The molecule has 1 rings (SSSR count). The van der Waals surface area contributed by atoms with E-state index in [4.69, 9.17) is 11.6 Å². The lowest BCUT2D eigenvalue weighted by atomic mass is 9.80. The minimum absolute atomic E-state index is 0.246. The maximum absolute atomic E-state index is 12.4. The number of hydrogen-bond acceptors (Lipinski definition) is 0. The zero-order valence-electron chi connectivity index (χ0n) is 5.70. The van der Waals surface area contributed by atoms with Crippen molar-refractivity contribution in [1.29, 1.82) is 0 Å². The normalized spacial score (nSPS) is 11.8. The van der Waals surface area contributed by atoms with Crippen molar-refractivity contribution in [1.82, 2.24) is 0 Å². The molecule has 0 aliphatic heterocycles. The monoisotopic (exact) mass is 197 g/mol. The van der Waals surface area contributed by atoms with Crippen LogP contribution in [0.2, 0.25) is 5.02 Å². The summed E-state index contributed by atoms with van der Waals surface area (Å²) >= 11 is 5.23. The van der Waals surface area contributed by atoms with Crippen LogP contribution in [-0.2, 0) is 0 Å². The summed E-state index contributed by atoms with van der Waals surface area (Å²) in [4.78, 5) is 0. The van der Waals surface area contributed by atoms with E-state index in [9.17, 15) is 17.3 Å². The fraction of sp³-hybridized carbons (Fsp3) is 0. The first-order valence-electron chi connectivity index (χ1n) is 3.05. The van der Waals surface area contributed by atoms with Crippen LogP contribution in [0.3, 0.4) is 0 Å². The Labute approximate surface area is 71.2 Å². The average molecular weight is 197 g/mol. The van der Waals surface area contributed by atoms with Crippen LogP contribution in [-0.4, -0.2) is 6.98 Å². The maximum atomic E-state index is 12.4. The van der Waals surface area contributed by atoms with E-state index in [1.165, 1.54) is 0 Å². The van der Waals surface area contributed by atoms with E-state index >= 15 is 0 Å². The lowest BCUT2D eigenvalue weighted by Gasteiger charge is -2.14. The summed E-state index contributed by atoms with van der Waals surface area (Å²) in [5.41, 5.74) is -1.01. The highest BCUT2D eigenvalue weighted by atomic mass is 35.5. The molecular formula is C6H3BClF4-. The second-order valence-electron chi connectivity index (χ2n) is 2.28. The largest absolute Gasteiger partial charge is 0.509 e. The number of benzene rings is 1. The van der Waals surface area contributed by atoms with E-state index in [1.807, 2.05) is 0 Å². The molecule has 0 saturated heterocycles. The van der Waals surface area contributed by atoms with Gasteiger partial charge in [-0.1, -0.05) is 23.7 Å². The van der Waals surface area contributed by atoms with E-state index in [0.717, 1.165) is 6.07 Å². The van der Waals surface area contributed by atoms with Crippen molar-refractivity contribution in [2.45, 2.75) is 0 Å². The molecule has 0 aliphatic rings. The molecule has 0 atom stereocenters. The lowest BCUT2D eigenvalue weighted by molar-refractivity contribution is 0.500. The van der Waals surface area contributed by atoms with Crippen LogP contribution in [0.1, 0.15) is 0 Å². The predicted octanol–water partition coefficient (Wildman–Crippen LogP) is 2.53. The third-order valence-electron chi connectivity index (χ3n) is 1.26. The minimum Gasteiger partial charge on any atom is -0.445 e. The Hall–Kier alpha value is -0.705. The summed E-state index contributed by atoms with van der Waals surface area (Å²) in [5.74, 6) is -0.975. The molecule has 0 spiro atoms. The number of hydrogen-bond donors (Lipinski definition) is 0. The highest BCUT2D eigenvalue weighted by molar-refractivity contribution is 6.73. The van der Waals surface area contributed by atoms with Crippen molar-refractivity contribution >= 4 is 24.0 Å². The number of halogens is 5. The molecule has 0 aromatic heterocycles. The first-order valence-corrected chi connectivity index (χ1v) is 3.43. The van der Waals surface area contributed by atoms with Crippen LogP contribution in [0.5, 0.6) is 0 Å². The Kier molecular flexibility index (Phi) is 2.33. The third-order valence-corrected chi connectivity index (χ3v) is 1.48. The molecule has 0 saturated carbocycles. The van der Waals surface area contributed by atoms with Gasteiger partial charge >= 0.3 is 6.98 Å². The van der Waals surface area contributed by atoms with Gasteiger partial charge < -0.3 is 12.9 Å². The van der Waals surface area contributed by atoms with Gasteiger partial charge in [-0.2, -0.15) is 0 Å². The molecule has 1 aromatic rings. The first kappa shape index (κ1) is 9.38. The van der Waals surface area contributed by atoms with Gasteiger partial charge in [-0.05, 0) is 6.07 Å². The molecule has 66 valence electrons.